The zero-order valence-corrected chi connectivity index (χ0v) is 11.5. The molecule has 0 aliphatic carbocycles. The molecule has 2 rings (SSSR count). The van der Waals surface area contributed by atoms with E-state index in [9.17, 15) is 5.11 Å². The summed E-state index contributed by atoms with van der Waals surface area (Å²) >= 11 is 0. The average Bonchev–Trinajstić information content (AvgIpc) is 2.53. The number of nitrogens with zero attached hydrogens (tertiary/aromatic N) is 2. The highest BCUT2D eigenvalue weighted by atomic mass is 16.5. The van der Waals surface area contributed by atoms with Crippen LogP contribution >= 0.6 is 0 Å². The third kappa shape index (κ3) is 2.65. The average molecular weight is 276 g/mol. The summed E-state index contributed by atoms with van der Waals surface area (Å²) in [5.74, 6) is 1.41. The summed E-state index contributed by atoms with van der Waals surface area (Å²) in [4.78, 5) is 8.13. The fourth-order valence-corrected chi connectivity index (χ4v) is 1.86. The molecule has 0 saturated carbocycles. The maximum absolute atomic E-state index is 10.4. The molecule has 0 spiro atoms. The zero-order chi connectivity index (χ0) is 14.5. The second kappa shape index (κ2) is 6.21. The van der Waals surface area contributed by atoms with E-state index in [1.807, 2.05) is 0 Å². The predicted octanol–water partition coefficient (Wildman–Crippen LogP) is 1.58. The van der Waals surface area contributed by atoms with Crippen molar-refractivity contribution in [3.05, 3.63) is 41.9 Å². The summed E-state index contributed by atoms with van der Waals surface area (Å²) in [7, 11) is 4.57. The van der Waals surface area contributed by atoms with Gasteiger partial charge in [-0.25, -0.2) is 4.98 Å². The first-order valence-corrected chi connectivity index (χ1v) is 5.96. The molecule has 0 aliphatic rings. The lowest BCUT2D eigenvalue weighted by atomic mass is 10.1. The summed E-state index contributed by atoms with van der Waals surface area (Å²) in [5, 5.41) is 10.4. The van der Waals surface area contributed by atoms with Gasteiger partial charge in [-0.3, -0.25) is 4.98 Å². The van der Waals surface area contributed by atoms with Crippen LogP contribution in [0.3, 0.4) is 0 Å². The maximum Gasteiger partial charge on any atom is 0.238 e. The minimum Gasteiger partial charge on any atom is -0.493 e. The summed E-state index contributed by atoms with van der Waals surface area (Å²) in [6.07, 6.45) is 2.05. The molecule has 0 bridgehead atoms. The Morgan fingerprint density at radius 3 is 2.30 bits per heavy atom. The number of rotatable bonds is 5. The van der Waals surface area contributed by atoms with Gasteiger partial charge in [0.25, 0.3) is 0 Å². The van der Waals surface area contributed by atoms with Crippen LogP contribution in [0.5, 0.6) is 17.4 Å². The highest BCUT2D eigenvalue weighted by Crippen LogP contribution is 2.33. The van der Waals surface area contributed by atoms with Crippen molar-refractivity contribution in [1.29, 1.82) is 0 Å². The van der Waals surface area contributed by atoms with Crippen molar-refractivity contribution >= 4 is 0 Å². The molecule has 1 aromatic heterocycles. The molecule has 6 nitrogen and oxygen atoms in total. The van der Waals surface area contributed by atoms with Crippen LogP contribution < -0.4 is 14.2 Å². The molecule has 1 aromatic carbocycles. The van der Waals surface area contributed by atoms with Crippen molar-refractivity contribution in [3.63, 3.8) is 0 Å². The maximum atomic E-state index is 10.4. The zero-order valence-electron chi connectivity index (χ0n) is 11.5. The first kappa shape index (κ1) is 14.1. The summed E-state index contributed by atoms with van der Waals surface area (Å²) in [6.45, 7) is 0. The van der Waals surface area contributed by atoms with Gasteiger partial charge in [0.05, 0.1) is 21.3 Å². The van der Waals surface area contributed by atoms with E-state index in [2.05, 4.69) is 9.97 Å². The Bertz CT molecular complexity index is 589. The van der Waals surface area contributed by atoms with Gasteiger partial charge in [0.15, 0.2) is 11.5 Å². The van der Waals surface area contributed by atoms with Crippen LogP contribution in [-0.2, 0) is 0 Å². The SMILES string of the molecule is COc1ccc(C(O)c2nccnc2OC)cc1OC. The minimum atomic E-state index is -0.960. The van der Waals surface area contributed by atoms with Crippen molar-refractivity contribution in [2.75, 3.05) is 21.3 Å². The lowest BCUT2D eigenvalue weighted by Gasteiger charge is -2.15. The van der Waals surface area contributed by atoms with Gasteiger partial charge < -0.3 is 19.3 Å². The standard InChI is InChI=1S/C14H16N2O4/c1-18-10-5-4-9(8-11(10)19-2)13(17)12-14(20-3)16-7-6-15-12/h4-8,13,17H,1-3H3. The number of benzene rings is 1. The monoisotopic (exact) mass is 276 g/mol. The van der Waals surface area contributed by atoms with Crippen LogP contribution in [0.25, 0.3) is 0 Å². The van der Waals surface area contributed by atoms with E-state index >= 15 is 0 Å². The van der Waals surface area contributed by atoms with Gasteiger partial charge in [-0.15, -0.1) is 0 Å². The number of aromatic nitrogens is 2. The topological polar surface area (TPSA) is 73.7 Å². The van der Waals surface area contributed by atoms with Crippen molar-refractivity contribution in [1.82, 2.24) is 9.97 Å². The molecule has 1 atom stereocenters. The quantitative estimate of drug-likeness (QED) is 0.894. The predicted molar refractivity (Wildman–Crippen MR) is 72.2 cm³/mol. The van der Waals surface area contributed by atoms with Crippen molar-refractivity contribution in [3.8, 4) is 17.4 Å². The van der Waals surface area contributed by atoms with Gasteiger partial charge in [0, 0.05) is 12.4 Å². The number of methoxy groups -OCH3 is 3. The first-order chi connectivity index (χ1) is 9.71. The molecular formula is C14H16N2O4. The summed E-state index contributed by atoms with van der Waals surface area (Å²) < 4.78 is 15.5. The molecule has 2 aromatic rings. The van der Waals surface area contributed by atoms with Gasteiger partial charge in [-0.05, 0) is 17.7 Å². The van der Waals surface area contributed by atoms with Crippen LogP contribution in [0.2, 0.25) is 0 Å². The Morgan fingerprint density at radius 1 is 0.950 bits per heavy atom. The summed E-state index contributed by atoms with van der Waals surface area (Å²) in [5.41, 5.74) is 0.962. The molecule has 106 valence electrons. The van der Waals surface area contributed by atoms with Gasteiger partial charge in [0.2, 0.25) is 5.88 Å². The third-order valence-corrected chi connectivity index (χ3v) is 2.87. The van der Waals surface area contributed by atoms with Crippen LogP contribution in [0.15, 0.2) is 30.6 Å². The highest BCUT2D eigenvalue weighted by Gasteiger charge is 2.19. The molecular weight excluding hydrogens is 260 g/mol. The smallest absolute Gasteiger partial charge is 0.238 e. The van der Waals surface area contributed by atoms with Crippen LogP contribution in [0.4, 0.5) is 0 Å². The molecule has 1 unspecified atom stereocenters. The molecule has 6 heteroatoms. The lowest BCUT2D eigenvalue weighted by Crippen LogP contribution is -2.06. The second-order valence-electron chi connectivity index (χ2n) is 3.97. The van der Waals surface area contributed by atoms with E-state index < -0.39 is 6.10 Å². The van der Waals surface area contributed by atoms with E-state index in [4.69, 9.17) is 14.2 Å². The Labute approximate surface area is 117 Å². The molecule has 1 N–H and O–H groups in total. The molecule has 0 aliphatic heterocycles. The molecule has 0 amide bonds. The molecule has 20 heavy (non-hydrogen) atoms. The lowest BCUT2D eigenvalue weighted by molar-refractivity contribution is 0.207. The van der Waals surface area contributed by atoms with Crippen LogP contribution in [0.1, 0.15) is 17.4 Å². The first-order valence-electron chi connectivity index (χ1n) is 5.96. The molecule has 0 saturated heterocycles. The Morgan fingerprint density at radius 2 is 1.65 bits per heavy atom. The van der Waals surface area contributed by atoms with Gasteiger partial charge in [-0.2, -0.15) is 0 Å². The molecule has 0 radical (unpaired) electrons. The molecule has 0 fully saturated rings. The van der Waals surface area contributed by atoms with E-state index in [0.717, 1.165) is 0 Å². The Hall–Kier alpha value is -2.34. The number of aliphatic hydroxyl groups is 1. The van der Waals surface area contributed by atoms with Crippen molar-refractivity contribution < 1.29 is 19.3 Å². The van der Waals surface area contributed by atoms with Gasteiger partial charge in [-0.1, -0.05) is 6.07 Å². The van der Waals surface area contributed by atoms with Gasteiger partial charge >= 0.3 is 0 Å². The van der Waals surface area contributed by atoms with E-state index in [-0.39, 0.29) is 5.88 Å². The number of hydrogen-bond acceptors (Lipinski definition) is 6. The molecule has 1 heterocycles. The van der Waals surface area contributed by atoms with Crippen LogP contribution in [0, 0.1) is 0 Å². The second-order valence-corrected chi connectivity index (χ2v) is 3.97. The number of ether oxygens (including phenoxy) is 3. The fraction of sp³-hybridized carbons (Fsp3) is 0.286. The number of hydrogen-bond donors (Lipinski definition) is 1. The highest BCUT2D eigenvalue weighted by molar-refractivity contribution is 5.45. The van der Waals surface area contributed by atoms with Gasteiger partial charge in [0.1, 0.15) is 11.8 Å². The largest absolute Gasteiger partial charge is 0.493 e. The van der Waals surface area contributed by atoms with Crippen molar-refractivity contribution in [2.24, 2.45) is 0 Å². The van der Waals surface area contributed by atoms with Crippen LogP contribution in [-0.4, -0.2) is 36.4 Å². The third-order valence-electron chi connectivity index (χ3n) is 2.87. The number of aliphatic hydroxyl groups excluding tert-OH is 1. The fourth-order valence-electron chi connectivity index (χ4n) is 1.86. The van der Waals surface area contributed by atoms with E-state index in [1.165, 1.54) is 26.6 Å². The van der Waals surface area contributed by atoms with Crippen molar-refractivity contribution in [2.45, 2.75) is 6.10 Å². The Kier molecular flexibility index (Phi) is 4.37. The van der Waals surface area contributed by atoms with E-state index in [1.54, 1.807) is 25.3 Å². The Balaban J connectivity index is 2.40. The normalized spacial score (nSPS) is 11.8. The summed E-state index contributed by atoms with van der Waals surface area (Å²) in [6, 6.07) is 5.15. The minimum absolute atomic E-state index is 0.287. The van der Waals surface area contributed by atoms with E-state index in [0.29, 0.717) is 22.8 Å².